The average Bonchev–Trinajstić information content (AvgIpc) is 2.78. The van der Waals surface area contributed by atoms with Gasteiger partial charge in [0.1, 0.15) is 11.6 Å². The first-order chi connectivity index (χ1) is 12.9. The van der Waals surface area contributed by atoms with Gasteiger partial charge in [-0.25, -0.2) is 4.39 Å². The predicted octanol–water partition coefficient (Wildman–Crippen LogP) is 3.99. The monoisotopic (exact) mass is 370 g/mol. The molecule has 6 heteroatoms. The van der Waals surface area contributed by atoms with Crippen molar-refractivity contribution < 1.29 is 18.7 Å². The Bertz CT molecular complexity index is 851. The van der Waals surface area contributed by atoms with Crippen LogP contribution in [0.2, 0.25) is 0 Å². The number of halogens is 1. The van der Waals surface area contributed by atoms with E-state index in [4.69, 9.17) is 4.74 Å². The Morgan fingerprint density at radius 2 is 2.00 bits per heavy atom. The number of nitrogens with one attached hydrogen (secondary N) is 1. The van der Waals surface area contributed by atoms with Crippen LogP contribution in [0.5, 0.6) is 5.75 Å². The molecule has 27 heavy (non-hydrogen) atoms. The van der Waals surface area contributed by atoms with Crippen molar-refractivity contribution in [3.63, 3.8) is 0 Å². The molecule has 0 saturated carbocycles. The van der Waals surface area contributed by atoms with Gasteiger partial charge in [-0.2, -0.15) is 0 Å². The van der Waals surface area contributed by atoms with Crippen LogP contribution in [0.1, 0.15) is 43.1 Å². The van der Waals surface area contributed by atoms with E-state index in [1.165, 1.54) is 24.3 Å². The van der Waals surface area contributed by atoms with Crippen molar-refractivity contribution in [1.82, 2.24) is 4.90 Å². The summed E-state index contributed by atoms with van der Waals surface area (Å²) in [6, 6.07) is 10.8. The molecule has 0 bridgehead atoms. The van der Waals surface area contributed by atoms with Crippen LogP contribution in [0.25, 0.3) is 0 Å². The van der Waals surface area contributed by atoms with E-state index in [1.807, 2.05) is 24.8 Å². The van der Waals surface area contributed by atoms with Gasteiger partial charge in [0.05, 0.1) is 0 Å². The van der Waals surface area contributed by atoms with Crippen molar-refractivity contribution in [2.24, 2.45) is 0 Å². The zero-order valence-electron chi connectivity index (χ0n) is 15.7. The normalized spacial score (nSPS) is 17.6. The summed E-state index contributed by atoms with van der Waals surface area (Å²) < 4.78 is 18.8. The molecule has 1 N–H and O–H groups in total. The molecule has 0 fully saturated rings. The molecule has 1 aliphatic heterocycles. The number of carbonyl (C=O) groups excluding carboxylic acids is 2. The van der Waals surface area contributed by atoms with Gasteiger partial charge in [-0.3, -0.25) is 9.59 Å². The maximum atomic E-state index is 13.0. The second-order valence-electron chi connectivity index (χ2n) is 6.77. The van der Waals surface area contributed by atoms with E-state index in [2.05, 4.69) is 5.32 Å². The summed E-state index contributed by atoms with van der Waals surface area (Å²) >= 11 is 0. The molecule has 0 spiro atoms. The van der Waals surface area contributed by atoms with Crippen LogP contribution >= 0.6 is 0 Å². The second-order valence-corrected chi connectivity index (χ2v) is 6.77. The Labute approximate surface area is 158 Å². The van der Waals surface area contributed by atoms with Gasteiger partial charge in [0, 0.05) is 29.4 Å². The highest BCUT2D eigenvalue weighted by Crippen LogP contribution is 2.30. The number of fused-ring (bicyclic) bond motifs is 1. The SMILES string of the molecule is CC[C@@H](C)N1Cc2cc(NC(=O)c3ccc(F)cc3)ccc2O[C@H](C)C1=O. The van der Waals surface area contributed by atoms with Crippen molar-refractivity contribution in [1.29, 1.82) is 0 Å². The molecule has 2 aromatic carbocycles. The van der Waals surface area contributed by atoms with Crippen LogP contribution < -0.4 is 10.1 Å². The lowest BCUT2D eigenvalue weighted by molar-refractivity contribution is -0.139. The van der Waals surface area contributed by atoms with Crippen molar-refractivity contribution in [2.45, 2.75) is 45.9 Å². The van der Waals surface area contributed by atoms with Crippen LogP contribution in [0.4, 0.5) is 10.1 Å². The Kier molecular flexibility index (Phi) is 5.44. The van der Waals surface area contributed by atoms with E-state index in [-0.39, 0.29) is 17.9 Å². The lowest BCUT2D eigenvalue weighted by Gasteiger charge is -2.28. The van der Waals surface area contributed by atoms with Crippen LogP contribution in [0.15, 0.2) is 42.5 Å². The Hall–Kier alpha value is -2.89. The number of hydrogen-bond acceptors (Lipinski definition) is 3. The second kappa shape index (κ2) is 7.78. The summed E-state index contributed by atoms with van der Waals surface area (Å²) in [7, 11) is 0. The van der Waals surface area contributed by atoms with Crippen LogP contribution in [0.3, 0.4) is 0 Å². The molecule has 5 nitrogen and oxygen atoms in total. The fourth-order valence-corrected chi connectivity index (χ4v) is 3.03. The fourth-order valence-electron chi connectivity index (χ4n) is 3.03. The number of ether oxygens (including phenoxy) is 1. The molecule has 0 saturated heterocycles. The smallest absolute Gasteiger partial charge is 0.263 e. The summed E-state index contributed by atoms with van der Waals surface area (Å²) in [6.07, 6.45) is 0.286. The van der Waals surface area contributed by atoms with E-state index in [1.54, 1.807) is 19.1 Å². The van der Waals surface area contributed by atoms with Gasteiger partial charge in [-0.05, 0) is 62.7 Å². The standard InChI is InChI=1S/C21H23FN2O3/c1-4-13(2)24-12-16-11-18(9-10-19(16)27-14(3)21(24)26)23-20(25)15-5-7-17(22)8-6-15/h5-11,13-14H,4,12H2,1-3H3,(H,23,25)/t13-,14-/m1/s1. The third kappa shape index (κ3) is 4.10. The molecular weight excluding hydrogens is 347 g/mol. The molecule has 1 heterocycles. The van der Waals surface area contributed by atoms with Crippen LogP contribution in [-0.2, 0) is 11.3 Å². The van der Waals surface area contributed by atoms with Crippen molar-refractivity contribution in [2.75, 3.05) is 5.32 Å². The van der Waals surface area contributed by atoms with E-state index in [0.717, 1.165) is 12.0 Å². The van der Waals surface area contributed by atoms with Gasteiger partial charge in [-0.1, -0.05) is 6.92 Å². The molecule has 2 amide bonds. The van der Waals surface area contributed by atoms with Crippen molar-refractivity contribution in [3.8, 4) is 5.75 Å². The van der Waals surface area contributed by atoms with Gasteiger partial charge in [0.2, 0.25) is 0 Å². The minimum atomic E-state index is -0.556. The zero-order chi connectivity index (χ0) is 19.6. The molecule has 0 aliphatic carbocycles. The molecular formula is C21H23FN2O3. The Morgan fingerprint density at radius 3 is 2.67 bits per heavy atom. The van der Waals surface area contributed by atoms with Gasteiger partial charge in [0.25, 0.3) is 11.8 Å². The molecule has 0 aromatic heterocycles. The fraction of sp³-hybridized carbons (Fsp3) is 0.333. The van der Waals surface area contributed by atoms with Crippen molar-refractivity contribution >= 4 is 17.5 Å². The minimum Gasteiger partial charge on any atom is -0.481 e. The minimum absolute atomic E-state index is 0.0440. The van der Waals surface area contributed by atoms with E-state index in [9.17, 15) is 14.0 Å². The number of hydrogen-bond donors (Lipinski definition) is 1. The molecule has 0 radical (unpaired) electrons. The first kappa shape index (κ1) is 18.9. The summed E-state index contributed by atoms with van der Waals surface area (Å²) in [4.78, 5) is 26.8. The van der Waals surface area contributed by atoms with E-state index >= 15 is 0 Å². The molecule has 1 aliphatic rings. The Balaban J connectivity index is 1.84. The largest absolute Gasteiger partial charge is 0.481 e. The quantitative estimate of drug-likeness (QED) is 0.885. The number of amides is 2. The maximum Gasteiger partial charge on any atom is 0.263 e. The number of anilines is 1. The third-order valence-electron chi connectivity index (χ3n) is 4.82. The Morgan fingerprint density at radius 1 is 1.30 bits per heavy atom. The molecule has 2 atom stereocenters. The van der Waals surface area contributed by atoms with Gasteiger partial charge >= 0.3 is 0 Å². The zero-order valence-corrected chi connectivity index (χ0v) is 15.7. The highest BCUT2D eigenvalue weighted by molar-refractivity contribution is 6.04. The summed E-state index contributed by atoms with van der Waals surface area (Å²) in [5.74, 6) is -0.121. The highest BCUT2D eigenvalue weighted by atomic mass is 19.1. The molecule has 2 aromatic rings. The predicted molar refractivity (Wildman–Crippen MR) is 101 cm³/mol. The van der Waals surface area contributed by atoms with Gasteiger partial charge < -0.3 is 15.0 Å². The summed E-state index contributed by atoms with van der Waals surface area (Å²) in [5, 5.41) is 2.81. The number of benzene rings is 2. The maximum absolute atomic E-state index is 13.0. The van der Waals surface area contributed by atoms with Crippen LogP contribution in [-0.4, -0.2) is 28.9 Å². The summed E-state index contributed by atoms with van der Waals surface area (Å²) in [6.45, 7) is 6.22. The van der Waals surface area contributed by atoms with E-state index < -0.39 is 11.9 Å². The van der Waals surface area contributed by atoms with E-state index in [0.29, 0.717) is 23.5 Å². The number of rotatable bonds is 4. The van der Waals surface area contributed by atoms with Crippen molar-refractivity contribution in [3.05, 3.63) is 59.4 Å². The first-order valence-electron chi connectivity index (χ1n) is 9.06. The molecule has 0 unspecified atom stereocenters. The molecule has 142 valence electrons. The van der Waals surface area contributed by atoms with Crippen LogP contribution in [0, 0.1) is 5.82 Å². The summed E-state index contributed by atoms with van der Waals surface area (Å²) in [5.41, 5.74) is 1.80. The van der Waals surface area contributed by atoms with Gasteiger partial charge in [0.15, 0.2) is 6.10 Å². The number of carbonyl (C=O) groups is 2. The third-order valence-corrected chi connectivity index (χ3v) is 4.82. The van der Waals surface area contributed by atoms with Gasteiger partial charge in [-0.15, -0.1) is 0 Å². The lowest BCUT2D eigenvalue weighted by Crippen LogP contribution is -2.42. The first-order valence-corrected chi connectivity index (χ1v) is 9.06. The topological polar surface area (TPSA) is 58.6 Å². The highest BCUT2D eigenvalue weighted by Gasteiger charge is 2.30. The number of nitrogens with zero attached hydrogens (tertiary/aromatic N) is 1. The molecule has 3 rings (SSSR count). The average molecular weight is 370 g/mol. The lowest BCUT2D eigenvalue weighted by atomic mass is 10.1.